The number of hydrogen-bond acceptors (Lipinski definition) is 4. The Bertz CT molecular complexity index is 725. The zero-order chi connectivity index (χ0) is 15.5. The van der Waals surface area contributed by atoms with Gasteiger partial charge < -0.3 is 9.64 Å². The molecule has 114 valence electrons. The maximum Gasteiger partial charge on any atom is 0.148 e. The molecule has 21 heavy (non-hydrogen) atoms. The monoisotopic (exact) mass is 307 g/mol. The van der Waals surface area contributed by atoms with E-state index in [1.165, 1.54) is 11.8 Å². The van der Waals surface area contributed by atoms with Gasteiger partial charge in [-0.2, -0.15) is 0 Å². The van der Waals surface area contributed by atoms with Crippen LogP contribution in [-0.2, 0) is 16.4 Å². The lowest BCUT2D eigenvalue weighted by molar-refractivity contribution is 0.346. The molecule has 0 amide bonds. The van der Waals surface area contributed by atoms with Crippen molar-refractivity contribution in [2.45, 2.75) is 6.54 Å². The van der Waals surface area contributed by atoms with E-state index in [-0.39, 0.29) is 5.75 Å². The van der Waals surface area contributed by atoms with E-state index in [0.29, 0.717) is 6.54 Å². The van der Waals surface area contributed by atoms with Gasteiger partial charge in [0.05, 0.1) is 12.9 Å². The van der Waals surface area contributed by atoms with Gasteiger partial charge in [0.2, 0.25) is 0 Å². The zero-order valence-corrected chi connectivity index (χ0v) is 13.5. The summed E-state index contributed by atoms with van der Waals surface area (Å²) in [6.45, 7) is 1.27. The SMILES string of the molecule is COc1ccc2cc(CN(C)CCS(C)(=O)=O)ccc2c1. The van der Waals surface area contributed by atoms with Gasteiger partial charge in [-0.15, -0.1) is 0 Å². The van der Waals surface area contributed by atoms with Gasteiger partial charge in [0, 0.05) is 19.3 Å². The number of methoxy groups -OCH3 is 1. The molecule has 0 spiro atoms. The Morgan fingerprint density at radius 1 is 1.10 bits per heavy atom. The van der Waals surface area contributed by atoms with Crippen LogP contribution in [0.5, 0.6) is 5.75 Å². The first kappa shape index (κ1) is 15.8. The van der Waals surface area contributed by atoms with Crippen molar-refractivity contribution < 1.29 is 13.2 Å². The summed E-state index contributed by atoms with van der Waals surface area (Å²) in [6.07, 6.45) is 1.27. The van der Waals surface area contributed by atoms with E-state index in [1.54, 1.807) is 7.11 Å². The summed E-state index contributed by atoms with van der Waals surface area (Å²) in [5, 5.41) is 2.29. The van der Waals surface area contributed by atoms with E-state index in [0.717, 1.165) is 23.1 Å². The van der Waals surface area contributed by atoms with E-state index < -0.39 is 9.84 Å². The molecule has 0 saturated carbocycles. The van der Waals surface area contributed by atoms with Crippen LogP contribution >= 0.6 is 0 Å². The highest BCUT2D eigenvalue weighted by molar-refractivity contribution is 7.90. The van der Waals surface area contributed by atoms with Gasteiger partial charge >= 0.3 is 0 Å². The summed E-state index contributed by atoms with van der Waals surface area (Å²) in [6, 6.07) is 12.3. The lowest BCUT2D eigenvalue weighted by Crippen LogP contribution is -2.24. The second-order valence-corrected chi connectivity index (χ2v) is 7.67. The largest absolute Gasteiger partial charge is 0.497 e. The highest BCUT2D eigenvalue weighted by atomic mass is 32.2. The van der Waals surface area contributed by atoms with Gasteiger partial charge in [0.25, 0.3) is 0 Å². The molecule has 0 radical (unpaired) electrons. The van der Waals surface area contributed by atoms with Crippen LogP contribution in [0.25, 0.3) is 10.8 Å². The summed E-state index contributed by atoms with van der Waals surface area (Å²) in [4.78, 5) is 2.02. The number of hydrogen-bond donors (Lipinski definition) is 0. The lowest BCUT2D eigenvalue weighted by Gasteiger charge is -2.16. The van der Waals surface area contributed by atoms with Crippen molar-refractivity contribution in [3.05, 3.63) is 42.0 Å². The fourth-order valence-corrected chi connectivity index (χ4v) is 2.85. The molecule has 2 aromatic carbocycles. The van der Waals surface area contributed by atoms with Crippen LogP contribution in [0.15, 0.2) is 36.4 Å². The number of rotatable bonds is 6. The Morgan fingerprint density at radius 3 is 2.43 bits per heavy atom. The lowest BCUT2D eigenvalue weighted by atomic mass is 10.1. The van der Waals surface area contributed by atoms with Crippen molar-refractivity contribution in [2.24, 2.45) is 0 Å². The van der Waals surface area contributed by atoms with Crippen LogP contribution in [-0.4, -0.2) is 46.0 Å². The standard InChI is InChI=1S/C16H21NO3S/c1-17(8-9-21(3,18)19)12-13-4-5-15-11-16(20-2)7-6-14(15)10-13/h4-7,10-11H,8-9,12H2,1-3H3. The van der Waals surface area contributed by atoms with Crippen molar-refractivity contribution in [2.75, 3.05) is 32.7 Å². The number of ether oxygens (including phenoxy) is 1. The van der Waals surface area contributed by atoms with E-state index in [2.05, 4.69) is 18.2 Å². The fraction of sp³-hybridized carbons (Fsp3) is 0.375. The highest BCUT2D eigenvalue weighted by Crippen LogP contribution is 2.22. The first-order chi connectivity index (χ1) is 9.87. The smallest absolute Gasteiger partial charge is 0.148 e. The molecule has 5 heteroatoms. The Labute approximate surface area is 126 Å². The van der Waals surface area contributed by atoms with Crippen molar-refractivity contribution >= 4 is 20.6 Å². The van der Waals surface area contributed by atoms with Crippen LogP contribution in [0.4, 0.5) is 0 Å². The third-order valence-corrected chi connectivity index (χ3v) is 4.33. The van der Waals surface area contributed by atoms with E-state index in [9.17, 15) is 8.42 Å². The molecular weight excluding hydrogens is 286 g/mol. The van der Waals surface area contributed by atoms with Crippen LogP contribution in [0.3, 0.4) is 0 Å². The van der Waals surface area contributed by atoms with Crippen molar-refractivity contribution in [3.63, 3.8) is 0 Å². The molecule has 0 atom stereocenters. The third kappa shape index (κ3) is 4.72. The van der Waals surface area contributed by atoms with E-state index >= 15 is 0 Å². The molecule has 0 bridgehead atoms. The minimum absolute atomic E-state index is 0.189. The Hall–Kier alpha value is -1.59. The van der Waals surface area contributed by atoms with Crippen molar-refractivity contribution in [1.29, 1.82) is 0 Å². The molecule has 0 aliphatic rings. The van der Waals surface area contributed by atoms with Crippen LogP contribution in [0, 0.1) is 0 Å². The molecule has 0 aliphatic heterocycles. The number of nitrogens with zero attached hydrogens (tertiary/aromatic N) is 1. The molecule has 0 N–H and O–H groups in total. The average molecular weight is 307 g/mol. The first-order valence-corrected chi connectivity index (χ1v) is 8.86. The average Bonchev–Trinajstić information content (AvgIpc) is 2.44. The highest BCUT2D eigenvalue weighted by Gasteiger charge is 2.07. The summed E-state index contributed by atoms with van der Waals surface area (Å²) in [5.41, 5.74) is 1.17. The molecule has 0 heterocycles. The quantitative estimate of drug-likeness (QED) is 0.822. The Kier molecular flexibility index (Phi) is 4.85. The van der Waals surface area contributed by atoms with Crippen LogP contribution in [0.1, 0.15) is 5.56 Å². The maximum absolute atomic E-state index is 11.2. The summed E-state index contributed by atoms with van der Waals surface area (Å²) in [5.74, 6) is 1.04. The molecule has 0 aromatic heterocycles. The van der Waals surface area contributed by atoms with Gasteiger partial charge in [0.15, 0.2) is 0 Å². The molecule has 4 nitrogen and oxygen atoms in total. The van der Waals surface area contributed by atoms with Crippen molar-refractivity contribution in [3.8, 4) is 5.75 Å². The summed E-state index contributed by atoms with van der Waals surface area (Å²) >= 11 is 0. The number of sulfone groups is 1. The second-order valence-electron chi connectivity index (χ2n) is 5.42. The van der Waals surface area contributed by atoms with Crippen LogP contribution < -0.4 is 4.74 Å². The van der Waals surface area contributed by atoms with Gasteiger partial charge in [-0.1, -0.05) is 18.2 Å². The topological polar surface area (TPSA) is 46.6 Å². The van der Waals surface area contributed by atoms with Gasteiger partial charge in [-0.3, -0.25) is 0 Å². The molecule has 0 fully saturated rings. The van der Waals surface area contributed by atoms with Crippen LogP contribution in [0.2, 0.25) is 0 Å². The minimum atomic E-state index is -2.91. The molecule has 2 aromatic rings. The summed E-state index contributed by atoms with van der Waals surface area (Å²) < 4.78 is 27.6. The van der Waals surface area contributed by atoms with Gasteiger partial charge in [-0.05, 0) is 41.6 Å². The van der Waals surface area contributed by atoms with E-state index in [4.69, 9.17) is 4.74 Å². The molecule has 2 rings (SSSR count). The second kappa shape index (κ2) is 6.45. The Balaban J connectivity index is 2.09. The minimum Gasteiger partial charge on any atom is -0.497 e. The molecule has 0 saturated heterocycles. The van der Waals surface area contributed by atoms with E-state index in [1.807, 2.05) is 30.1 Å². The third-order valence-electron chi connectivity index (χ3n) is 3.41. The number of benzene rings is 2. The number of fused-ring (bicyclic) bond motifs is 1. The predicted octanol–water partition coefficient (Wildman–Crippen LogP) is 2.32. The first-order valence-electron chi connectivity index (χ1n) is 6.80. The van der Waals surface area contributed by atoms with Crippen molar-refractivity contribution in [1.82, 2.24) is 4.90 Å². The molecule has 0 aliphatic carbocycles. The maximum atomic E-state index is 11.2. The fourth-order valence-electron chi connectivity index (χ4n) is 2.21. The Morgan fingerprint density at radius 2 is 1.76 bits per heavy atom. The molecular formula is C16H21NO3S. The summed E-state index contributed by atoms with van der Waals surface area (Å²) in [7, 11) is 0.684. The molecule has 0 unspecified atom stereocenters. The van der Waals surface area contributed by atoms with Gasteiger partial charge in [-0.25, -0.2) is 8.42 Å². The van der Waals surface area contributed by atoms with Gasteiger partial charge in [0.1, 0.15) is 15.6 Å². The predicted molar refractivity (Wildman–Crippen MR) is 86.5 cm³/mol. The zero-order valence-electron chi connectivity index (χ0n) is 12.7. The normalized spacial score (nSPS) is 12.0.